The van der Waals surface area contributed by atoms with Crippen molar-refractivity contribution in [2.24, 2.45) is 5.92 Å². The van der Waals surface area contributed by atoms with Gasteiger partial charge >= 0.3 is 6.36 Å². The number of nitrogens with one attached hydrogen (secondary N) is 2. The maximum atomic E-state index is 12.6. The number of nitrogens with zero attached hydrogens (tertiary/aromatic N) is 1. The van der Waals surface area contributed by atoms with Gasteiger partial charge in [-0.1, -0.05) is 42.5 Å². The topological polar surface area (TPSA) is 80.3 Å². The van der Waals surface area contributed by atoms with E-state index < -0.39 is 18.3 Å². The van der Waals surface area contributed by atoms with Crippen LogP contribution in [0.5, 0.6) is 5.75 Å². The Balaban J connectivity index is 2.17. The van der Waals surface area contributed by atoms with E-state index in [2.05, 4.69) is 20.4 Å². The number of benzene rings is 1. The van der Waals surface area contributed by atoms with Gasteiger partial charge in [0.05, 0.1) is 6.04 Å². The third-order valence-corrected chi connectivity index (χ3v) is 4.90. The fourth-order valence-electron chi connectivity index (χ4n) is 2.48. The van der Waals surface area contributed by atoms with Crippen molar-refractivity contribution in [1.29, 1.82) is 0 Å². The Kier molecular flexibility index (Phi) is 8.04. The number of rotatable bonds is 7. The largest absolute Gasteiger partial charge is 0.573 e. The average molecular weight is 535 g/mol. The molecule has 0 saturated carbocycles. The molecule has 162 valence electrons. The fourth-order valence-corrected chi connectivity index (χ4v) is 2.92. The van der Waals surface area contributed by atoms with E-state index in [1.165, 1.54) is 30.5 Å². The van der Waals surface area contributed by atoms with Crippen LogP contribution in [0.3, 0.4) is 0 Å². The van der Waals surface area contributed by atoms with Crippen molar-refractivity contribution in [2.75, 3.05) is 5.32 Å². The van der Waals surface area contributed by atoms with Crippen LogP contribution in [-0.4, -0.2) is 23.2 Å². The summed E-state index contributed by atoms with van der Waals surface area (Å²) in [6.45, 7) is 5.12. The molecule has 2 amide bonds. The molecule has 0 bridgehead atoms. The van der Waals surface area contributed by atoms with Crippen LogP contribution in [-0.2, 0) is 9.22 Å². The van der Waals surface area contributed by atoms with Crippen LogP contribution in [0.2, 0.25) is 0 Å². The zero-order chi connectivity index (χ0) is 22.5. The SMILES string of the molecule is CC(C)C(=O)Nc1cc(C(=O)NC(C)c2cc(CI)cc(OC(F)(F)F)c2)ccn1. The zero-order valence-corrected chi connectivity index (χ0v) is 18.7. The highest BCUT2D eigenvalue weighted by molar-refractivity contribution is 14.1. The van der Waals surface area contributed by atoms with Gasteiger partial charge in [0.1, 0.15) is 11.6 Å². The van der Waals surface area contributed by atoms with Crippen molar-refractivity contribution >= 4 is 40.2 Å². The molecule has 1 aromatic heterocycles. The Bertz CT molecular complexity index is 920. The Morgan fingerprint density at radius 1 is 1.17 bits per heavy atom. The molecule has 2 N–H and O–H groups in total. The summed E-state index contributed by atoms with van der Waals surface area (Å²) in [7, 11) is 0. The maximum Gasteiger partial charge on any atom is 0.573 e. The summed E-state index contributed by atoms with van der Waals surface area (Å²) in [4.78, 5) is 28.4. The Labute approximate surface area is 185 Å². The molecule has 30 heavy (non-hydrogen) atoms. The first-order valence-corrected chi connectivity index (χ1v) is 10.5. The van der Waals surface area contributed by atoms with E-state index in [1.807, 2.05) is 22.6 Å². The molecule has 0 aliphatic carbocycles. The number of halogens is 4. The lowest BCUT2D eigenvalue weighted by Gasteiger charge is -2.18. The molecular weight excluding hydrogens is 514 g/mol. The first-order chi connectivity index (χ1) is 14.0. The number of carbonyl (C=O) groups is 2. The third-order valence-electron chi connectivity index (χ3n) is 4.02. The minimum atomic E-state index is -4.80. The number of amides is 2. The predicted octanol–water partition coefficient (Wildman–Crippen LogP) is 5.00. The third kappa shape index (κ3) is 7.15. The molecule has 0 saturated heterocycles. The fraction of sp³-hybridized carbons (Fsp3) is 0.350. The van der Waals surface area contributed by atoms with Crippen LogP contribution in [0.4, 0.5) is 19.0 Å². The van der Waals surface area contributed by atoms with Crippen LogP contribution in [0.15, 0.2) is 36.5 Å². The van der Waals surface area contributed by atoms with E-state index in [0.29, 0.717) is 15.6 Å². The van der Waals surface area contributed by atoms with Crippen LogP contribution in [0, 0.1) is 5.92 Å². The number of alkyl halides is 4. The molecule has 10 heteroatoms. The van der Waals surface area contributed by atoms with Gasteiger partial charge in [0.15, 0.2) is 0 Å². The second kappa shape index (κ2) is 10.1. The highest BCUT2D eigenvalue weighted by Crippen LogP contribution is 2.28. The average Bonchev–Trinajstić information content (AvgIpc) is 2.66. The van der Waals surface area contributed by atoms with Crippen molar-refractivity contribution in [2.45, 2.75) is 37.6 Å². The zero-order valence-electron chi connectivity index (χ0n) is 16.5. The minimum Gasteiger partial charge on any atom is -0.406 e. The molecule has 2 aromatic rings. The van der Waals surface area contributed by atoms with Gasteiger partial charge in [0, 0.05) is 22.1 Å². The molecule has 2 rings (SSSR count). The normalized spacial score (nSPS) is 12.4. The van der Waals surface area contributed by atoms with E-state index in [-0.39, 0.29) is 29.0 Å². The van der Waals surface area contributed by atoms with E-state index in [4.69, 9.17) is 0 Å². The summed E-state index contributed by atoms with van der Waals surface area (Å²) in [6, 6.07) is 6.59. The van der Waals surface area contributed by atoms with Crippen LogP contribution >= 0.6 is 22.6 Å². The van der Waals surface area contributed by atoms with Crippen molar-refractivity contribution in [3.05, 3.63) is 53.2 Å². The Hall–Kier alpha value is -2.37. The van der Waals surface area contributed by atoms with E-state index in [9.17, 15) is 22.8 Å². The van der Waals surface area contributed by atoms with Crippen molar-refractivity contribution in [3.8, 4) is 5.75 Å². The first-order valence-electron chi connectivity index (χ1n) is 9.02. The molecule has 1 atom stereocenters. The quantitative estimate of drug-likeness (QED) is 0.387. The van der Waals surface area contributed by atoms with Crippen LogP contribution in [0.25, 0.3) is 0 Å². The summed E-state index contributed by atoms with van der Waals surface area (Å²) in [5.41, 5.74) is 1.36. The molecule has 1 heterocycles. The van der Waals surface area contributed by atoms with Gasteiger partial charge in [0.2, 0.25) is 5.91 Å². The Morgan fingerprint density at radius 3 is 2.47 bits per heavy atom. The Morgan fingerprint density at radius 2 is 1.87 bits per heavy atom. The van der Waals surface area contributed by atoms with Crippen molar-refractivity contribution in [1.82, 2.24) is 10.3 Å². The monoisotopic (exact) mass is 535 g/mol. The van der Waals surface area contributed by atoms with Gasteiger partial charge in [-0.25, -0.2) is 4.98 Å². The predicted molar refractivity (Wildman–Crippen MR) is 114 cm³/mol. The number of hydrogen-bond acceptors (Lipinski definition) is 4. The number of ether oxygens (including phenoxy) is 1. The smallest absolute Gasteiger partial charge is 0.406 e. The molecule has 0 fully saturated rings. The molecule has 0 radical (unpaired) electrons. The molecule has 6 nitrogen and oxygen atoms in total. The maximum absolute atomic E-state index is 12.6. The molecule has 0 aliphatic rings. The summed E-state index contributed by atoms with van der Waals surface area (Å²) >= 11 is 2.03. The lowest BCUT2D eigenvalue weighted by molar-refractivity contribution is -0.274. The summed E-state index contributed by atoms with van der Waals surface area (Å²) in [5, 5.41) is 5.35. The minimum absolute atomic E-state index is 0.235. The van der Waals surface area contributed by atoms with E-state index in [1.54, 1.807) is 26.8 Å². The summed E-state index contributed by atoms with van der Waals surface area (Å²) in [6.07, 6.45) is -3.41. The van der Waals surface area contributed by atoms with E-state index >= 15 is 0 Å². The van der Waals surface area contributed by atoms with Crippen molar-refractivity contribution in [3.63, 3.8) is 0 Å². The lowest BCUT2D eigenvalue weighted by Crippen LogP contribution is -2.27. The number of aromatic nitrogens is 1. The van der Waals surface area contributed by atoms with Crippen LogP contribution < -0.4 is 15.4 Å². The molecule has 0 aliphatic heterocycles. The van der Waals surface area contributed by atoms with Gasteiger partial charge < -0.3 is 15.4 Å². The second-order valence-electron chi connectivity index (χ2n) is 6.86. The summed E-state index contributed by atoms with van der Waals surface area (Å²) < 4.78 is 42.3. The van der Waals surface area contributed by atoms with Gasteiger partial charge in [0.25, 0.3) is 5.91 Å². The van der Waals surface area contributed by atoms with Gasteiger partial charge in [-0.05, 0) is 42.3 Å². The molecule has 1 aromatic carbocycles. The van der Waals surface area contributed by atoms with Crippen LogP contribution in [0.1, 0.15) is 48.3 Å². The second-order valence-corrected chi connectivity index (χ2v) is 7.62. The van der Waals surface area contributed by atoms with E-state index in [0.717, 1.165) is 0 Å². The van der Waals surface area contributed by atoms with Gasteiger partial charge in [-0.15, -0.1) is 13.2 Å². The van der Waals surface area contributed by atoms with Gasteiger partial charge in [-0.3, -0.25) is 9.59 Å². The number of hydrogen-bond donors (Lipinski definition) is 2. The standard InChI is InChI=1S/C20H21F3IN3O3/c1-11(2)18(28)27-17-9-14(4-5-25-17)19(29)26-12(3)15-6-13(10-24)7-16(8-15)30-20(21,22)23/h4-9,11-12H,10H2,1-3H3,(H,26,29)(H,25,27,28). The number of pyridine rings is 1. The number of carbonyl (C=O) groups excluding carboxylic acids is 2. The van der Waals surface area contributed by atoms with Gasteiger partial charge in [-0.2, -0.15) is 0 Å². The molecule has 1 unspecified atom stereocenters. The summed E-state index contributed by atoms with van der Waals surface area (Å²) in [5.74, 6) is -1.04. The lowest BCUT2D eigenvalue weighted by atomic mass is 10.0. The molecule has 0 spiro atoms. The molecular formula is C20H21F3IN3O3. The highest BCUT2D eigenvalue weighted by atomic mass is 127. The number of anilines is 1. The first kappa shape index (κ1) is 23.9. The van der Waals surface area contributed by atoms with Crippen molar-refractivity contribution < 1.29 is 27.5 Å². The highest BCUT2D eigenvalue weighted by Gasteiger charge is 2.31.